The Hall–Kier alpha value is -0.130. The van der Waals surface area contributed by atoms with Gasteiger partial charge in [-0.2, -0.15) is 0 Å². The fourth-order valence-electron chi connectivity index (χ4n) is 1.12. The molecule has 0 aliphatic rings. The highest BCUT2D eigenvalue weighted by Crippen LogP contribution is 2.03. The SMILES string of the molecule is CCC(CN)S(=O)(=O)NCCC(C)C. The lowest BCUT2D eigenvalue weighted by Gasteiger charge is -2.14. The molecule has 0 bridgehead atoms. The van der Waals surface area contributed by atoms with Crippen LogP contribution >= 0.6 is 0 Å². The molecule has 0 fully saturated rings. The Bertz CT molecular complexity index is 233. The molecule has 0 saturated heterocycles. The first-order valence-electron chi connectivity index (χ1n) is 5.12. The molecule has 86 valence electrons. The third-order valence-electron chi connectivity index (χ3n) is 2.18. The van der Waals surface area contributed by atoms with Crippen molar-refractivity contribution in [3.8, 4) is 0 Å². The Kier molecular flexibility index (Phi) is 6.31. The molecule has 0 aromatic carbocycles. The zero-order valence-electron chi connectivity index (χ0n) is 9.29. The van der Waals surface area contributed by atoms with Gasteiger partial charge in [-0.05, 0) is 18.8 Å². The number of hydrogen-bond acceptors (Lipinski definition) is 3. The maximum Gasteiger partial charge on any atom is 0.215 e. The number of nitrogens with two attached hydrogens (primary N) is 1. The van der Waals surface area contributed by atoms with Crippen LogP contribution in [0.15, 0.2) is 0 Å². The molecule has 3 N–H and O–H groups in total. The molecule has 0 aromatic heterocycles. The van der Waals surface area contributed by atoms with Crippen molar-refractivity contribution in [2.75, 3.05) is 13.1 Å². The molecule has 0 saturated carbocycles. The Morgan fingerprint density at radius 2 is 1.93 bits per heavy atom. The van der Waals surface area contributed by atoms with E-state index in [0.29, 0.717) is 18.9 Å². The summed E-state index contributed by atoms with van der Waals surface area (Å²) in [4.78, 5) is 0. The highest BCUT2D eigenvalue weighted by molar-refractivity contribution is 7.90. The number of sulfonamides is 1. The summed E-state index contributed by atoms with van der Waals surface area (Å²) in [6.07, 6.45) is 1.42. The maximum atomic E-state index is 11.6. The molecule has 1 atom stereocenters. The number of hydrogen-bond donors (Lipinski definition) is 2. The lowest BCUT2D eigenvalue weighted by atomic mass is 10.1. The molecular weight excluding hydrogens is 200 g/mol. The van der Waals surface area contributed by atoms with Crippen molar-refractivity contribution in [3.05, 3.63) is 0 Å². The van der Waals surface area contributed by atoms with Crippen LogP contribution in [0.25, 0.3) is 0 Å². The lowest BCUT2D eigenvalue weighted by Crippen LogP contribution is -2.39. The van der Waals surface area contributed by atoms with Gasteiger partial charge in [0.1, 0.15) is 0 Å². The average Bonchev–Trinajstić information content (AvgIpc) is 2.04. The third-order valence-corrected chi connectivity index (χ3v) is 4.19. The molecule has 0 radical (unpaired) electrons. The largest absolute Gasteiger partial charge is 0.329 e. The summed E-state index contributed by atoms with van der Waals surface area (Å²) in [6.45, 7) is 6.66. The van der Waals surface area contributed by atoms with Gasteiger partial charge in [-0.25, -0.2) is 13.1 Å². The van der Waals surface area contributed by atoms with E-state index in [2.05, 4.69) is 18.6 Å². The summed E-state index contributed by atoms with van der Waals surface area (Å²) in [5.74, 6) is 0.510. The van der Waals surface area contributed by atoms with Crippen molar-refractivity contribution in [1.82, 2.24) is 4.72 Å². The second-order valence-corrected chi connectivity index (χ2v) is 5.93. The third kappa shape index (κ3) is 4.93. The van der Waals surface area contributed by atoms with Crippen LogP contribution in [-0.4, -0.2) is 26.8 Å². The second kappa shape index (κ2) is 6.37. The summed E-state index contributed by atoms with van der Waals surface area (Å²) in [6, 6.07) is 0. The summed E-state index contributed by atoms with van der Waals surface area (Å²) in [5.41, 5.74) is 5.38. The van der Waals surface area contributed by atoms with Gasteiger partial charge in [0.05, 0.1) is 5.25 Å². The van der Waals surface area contributed by atoms with Gasteiger partial charge in [0.2, 0.25) is 10.0 Å². The Balaban J connectivity index is 4.07. The van der Waals surface area contributed by atoms with Crippen molar-refractivity contribution in [3.63, 3.8) is 0 Å². The fraction of sp³-hybridized carbons (Fsp3) is 1.00. The molecule has 0 rings (SSSR count). The molecule has 1 unspecified atom stereocenters. The van der Waals surface area contributed by atoms with E-state index >= 15 is 0 Å². The van der Waals surface area contributed by atoms with E-state index in [-0.39, 0.29) is 6.54 Å². The minimum atomic E-state index is -3.19. The Morgan fingerprint density at radius 1 is 1.36 bits per heavy atom. The fourth-order valence-corrected chi connectivity index (χ4v) is 2.45. The lowest BCUT2D eigenvalue weighted by molar-refractivity contribution is 0.539. The molecule has 0 aromatic rings. The van der Waals surface area contributed by atoms with Gasteiger partial charge in [0, 0.05) is 13.1 Å². The van der Waals surface area contributed by atoms with Crippen LogP contribution in [0.5, 0.6) is 0 Å². The van der Waals surface area contributed by atoms with Crippen molar-refractivity contribution in [2.24, 2.45) is 11.7 Å². The first kappa shape index (κ1) is 13.9. The standard InChI is InChI=1S/C9H22N2O2S/c1-4-9(7-10)14(12,13)11-6-5-8(2)3/h8-9,11H,4-7,10H2,1-3H3. The topological polar surface area (TPSA) is 72.2 Å². The highest BCUT2D eigenvalue weighted by atomic mass is 32.2. The van der Waals surface area contributed by atoms with Crippen LogP contribution in [0.1, 0.15) is 33.6 Å². The second-order valence-electron chi connectivity index (χ2n) is 3.89. The Morgan fingerprint density at radius 3 is 2.29 bits per heavy atom. The molecule has 5 heteroatoms. The number of nitrogens with one attached hydrogen (secondary N) is 1. The van der Waals surface area contributed by atoms with Gasteiger partial charge in [-0.3, -0.25) is 0 Å². The molecular formula is C9H22N2O2S. The highest BCUT2D eigenvalue weighted by Gasteiger charge is 2.21. The molecule has 0 heterocycles. The van der Waals surface area contributed by atoms with E-state index in [1.165, 1.54) is 0 Å². The van der Waals surface area contributed by atoms with Gasteiger partial charge < -0.3 is 5.73 Å². The van der Waals surface area contributed by atoms with E-state index in [1.807, 2.05) is 6.92 Å². The monoisotopic (exact) mass is 222 g/mol. The first-order chi connectivity index (χ1) is 6.44. The van der Waals surface area contributed by atoms with E-state index in [4.69, 9.17) is 5.73 Å². The smallest absolute Gasteiger partial charge is 0.215 e. The quantitative estimate of drug-likeness (QED) is 0.665. The van der Waals surface area contributed by atoms with Crippen molar-refractivity contribution >= 4 is 10.0 Å². The van der Waals surface area contributed by atoms with Gasteiger partial charge in [0.25, 0.3) is 0 Å². The summed E-state index contributed by atoms with van der Waals surface area (Å²) >= 11 is 0. The van der Waals surface area contributed by atoms with Crippen LogP contribution in [0.2, 0.25) is 0 Å². The molecule has 0 aliphatic carbocycles. The van der Waals surface area contributed by atoms with Gasteiger partial charge in [-0.15, -0.1) is 0 Å². The van der Waals surface area contributed by atoms with E-state index in [9.17, 15) is 8.42 Å². The van der Waals surface area contributed by atoms with Crippen LogP contribution in [-0.2, 0) is 10.0 Å². The number of rotatable bonds is 7. The first-order valence-corrected chi connectivity index (χ1v) is 6.67. The van der Waals surface area contributed by atoms with Crippen molar-refractivity contribution in [1.29, 1.82) is 0 Å². The van der Waals surface area contributed by atoms with Crippen LogP contribution in [0, 0.1) is 5.92 Å². The van der Waals surface area contributed by atoms with Crippen LogP contribution in [0.3, 0.4) is 0 Å². The van der Waals surface area contributed by atoms with E-state index in [1.54, 1.807) is 0 Å². The van der Waals surface area contributed by atoms with Crippen molar-refractivity contribution < 1.29 is 8.42 Å². The van der Waals surface area contributed by atoms with E-state index in [0.717, 1.165) is 6.42 Å². The van der Waals surface area contributed by atoms with E-state index < -0.39 is 15.3 Å². The average molecular weight is 222 g/mol. The molecule has 4 nitrogen and oxygen atoms in total. The van der Waals surface area contributed by atoms with Crippen LogP contribution in [0.4, 0.5) is 0 Å². The van der Waals surface area contributed by atoms with Gasteiger partial charge in [-0.1, -0.05) is 20.8 Å². The van der Waals surface area contributed by atoms with Gasteiger partial charge >= 0.3 is 0 Å². The summed E-state index contributed by atoms with van der Waals surface area (Å²) < 4.78 is 25.8. The minimum absolute atomic E-state index is 0.188. The van der Waals surface area contributed by atoms with Crippen molar-refractivity contribution in [2.45, 2.75) is 38.9 Å². The maximum absolute atomic E-state index is 11.6. The molecule has 0 aliphatic heterocycles. The predicted molar refractivity (Wildman–Crippen MR) is 59.5 cm³/mol. The molecule has 0 spiro atoms. The summed E-state index contributed by atoms with van der Waals surface area (Å²) in [5, 5.41) is -0.449. The normalized spacial score (nSPS) is 14.6. The molecule has 14 heavy (non-hydrogen) atoms. The minimum Gasteiger partial charge on any atom is -0.329 e. The predicted octanol–water partition coefficient (Wildman–Crippen LogP) is 0.689. The van der Waals surface area contributed by atoms with Gasteiger partial charge in [0.15, 0.2) is 0 Å². The zero-order chi connectivity index (χ0) is 11.2. The Labute approximate surface area is 87.3 Å². The molecule has 0 amide bonds. The summed E-state index contributed by atoms with van der Waals surface area (Å²) in [7, 11) is -3.19. The van der Waals surface area contributed by atoms with Crippen LogP contribution < -0.4 is 10.5 Å². The zero-order valence-corrected chi connectivity index (χ0v) is 10.1.